The maximum absolute atomic E-state index is 12.9. The lowest BCUT2D eigenvalue weighted by Crippen LogP contribution is -2.41. The largest absolute Gasteiger partial charge is 0.492 e. The molecule has 1 N–H and O–H groups in total. The second kappa shape index (κ2) is 11.2. The zero-order valence-electron chi connectivity index (χ0n) is 23.2. The van der Waals surface area contributed by atoms with Crippen molar-refractivity contribution in [3.05, 3.63) is 101 Å². The highest BCUT2D eigenvalue weighted by atomic mass is 35.5. The van der Waals surface area contributed by atoms with Crippen LogP contribution in [0.2, 0.25) is 0 Å². The van der Waals surface area contributed by atoms with Crippen LogP contribution in [0.4, 0.5) is 4.79 Å². The smallest absolute Gasteiger partial charge is 0.449 e. The van der Waals surface area contributed by atoms with Gasteiger partial charge in [0.25, 0.3) is 0 Å². The summed E-state index contributed by atoms with van der Waals surface area (Å²) in [5.74, 6) is -0.232. The number of fused-ring (bicyclic) bond motifs is 3. The van der Waals surface area contributed by atoms with Crippen LogP contribution in [-0.4, -0.2) is 49.2 Å². The van der Waals surface area contributed by atoms with Crippen LogP contribution in [0, 0.1) is 0 Å². The third kappa shape index (κ3) is 5.59. The number of carbonyl (C=O) groups excluding carboxylic acids is 2. The van der Waals surface area contributed by atoms with Crippen LogP contribution >= 0.6 is 11.6 Å². The molecule has 0 saturated carbocycles. The van der Waals surface area contributed by atoms with E-state index in [0.717, 1.165) is 22.2 Å². The van der Waals surface area contributed by atoms with Crippen molar-refractivity contribution < 1.29 is 23.6 Å². The van der Waals surface area contributed by atoms with Crippen LogP contribution in [0.15, 0.2) is 78.3 Å². The van der Waals surface area contributed by atoms with E-state index in [2.05, 4.69) is 29.6 Å². The second-order valence-corrected chi connectivity index (χ2v) is 11.4. The number of carbonyl (C=O) groups is 2. The Kier molecular flexibility index (Phi) is 7.91. The standard InChI is InChI=1S/C32H33BClNO5/c1-31(2)32(3,4)40-33(39-31)23(17-21-13-15-22(16-14-21)29(36)18-34)19-35-30(37)38-20-28-26-11-7-5-9-24(26)25-10-6-8-12-27(25)28/h5-17,28H,18-20H2,1-4H3,(H,35,37). The first-order chi connectivity index (χ1) is 19.1. The molecule has 5 rings (SSSR count). The monoisotopic (exact) mass is 557 g/mol. The quantitative estimate of drug-likeness (QED) is 0.190. The average Bonchev–Trinajstić information content (AvgIpc) is 3.38. The molecule has 1 fully saturated rings. The Hall–Kier alpha value is -3.39. The number of hydrogen-bond donors (Lipinski definition) is 1. The number of ether oxygens (including phenoxy) is 1. The maximum Gasteiger partial charge on any atom is 0.492 e. The number of nitrogens with one attached hydrogen (secondary N) is 1. The second-order valence-electron chi connectivity index (χ2n) is 11.2. The zero-order chi connectivity index (χ0) is 28.5. The minimum atomic E-state index is -0.664. The Morgan fingerprint density at radius 3 is 2.00 bits per heavy atom. The van der Waals surface area contributed by atoms with Gasteiger partial charge in [0.05, 0.1) is 17.1 Å². The van der Waals surface area contributed by atoms with Crippen LogP contribution in [0.5, 0.6) is 0 Å². The van der Waals surface area contributed by atoms with E-state index in [1.165, 1.54) is 11.1 Å². The molecule has 0 radical (unpaired) electrons. The van der Waals surface area contributed by atoms with Crippen LogP contribution in [0.25, 0.3) is 17.2 Å². The summed E-state index contributed by atoms with van der Waals surface area (Å²) >= 11 is 5.69. The number of rotatable bonds is 8. The Morgan fingerprint density at radius 2 is 1.45 bits per heavy atom. The van der Waals surface area contributed by atoms with Crippen molar-refractivity contribution >= 4 is 36.7 Å². The lowest BCUT2D eigenvalue weighted by atomic mass is 9.77. The molecule has 6 nitrogen and oxygen atoms in total. The van der Waals surface area contributed by atoms with Gasteiger partial charge in [-0.3, -0.25) is 4.79 Å². The third-order valence-corrected chi connectivity index (χ3v) is 8.29. The highest BCUT2D eigenvalue weighted by Crippen LogP contribution is 2.44. The van der Waals surface area contributed by atoms with Crippen LogP contribution in [0.1, 0.15) is 60.7 Å². The molecule has 1 aliphatic heterocycles. The van der Waals surface area contributed by atoms with Gasteiger partial charge in [0, 0.05) is 18.0 Å². The number of alkyl halides is 1. The van der Waals surface area contributed by atoms with Crippen molar-refractivity contribution in [2.75, 3.05) is 19.0 Å². The Bertz CT molecular complexity index is 1390. The van der Waals surface area contributed by atoms with Gasteiger partial charge in [0.15, 0.2) is 5.78 Å². The molecule has 2 aliphatic rings. The van der Waals surface area contributed by atoms with Gasteiger partial charge >= 0.3 is 13.2 Å². The van der Waals surface area contributed by atoms with Gasteiger partial charge in [-0.25, -0.2) is 4.79 Å². The van der Waals surface area contributed by atoms with Gasteiger partial charge in [-0.05, 0) is 61.0 Å². The molecule has 3 aromatic rings. The Labute approximate surface area is 240 Å². The molecule has 40 heavy (non-hydrogen) atoms. The zero-order valence-corrected chi connectivity index (χ0v) is 24.0. The number of hydrogen-bond acceptors (Lipinski definition) is 5. The predicted molar refractivity (Wildman–Crippen MR) is 159 cm³/mol. The minimum Gasteiger partial charge on any atom is -0.449 e. The first-order valence-electron chi connectivity index (χ1n) is 13.4. The van der Waals surface area contributed by atoms with Crippen LogP contribution in [0.3, 0.4) is 0 Å². The van der Waals surface area contributed by atoms with Gasteiger partial charge in [-0.2, -0.15) is 0 Å². The summed E-state index contributed by atoms with van der Waals surface area (Å²) in [5, 5.41) is 2.88. The lowest BCUT2D eigenvalue weighted by Gasteiger charge is -2.32. The summed E-state index contributed by atoms with van der Waals surface area (Å²) < 4.78 is 18.3. The van der Waals surface area contributed by atoms with Crippen molar-refractivity contribution in [1.82, 2.24) is 5.32 Å². The summed E-state index contributed by atoms with van der Waals surface area (Å²) in [7, 11) is -0.664. The van der Waals surface area contributed by atoms with Gasteiger partial charge in [0.1, 0.15) is 6.61 Å². The third-order valence-electron chi connectivity index (χ3n) is 8.04. The first-order valence-corrected chi connectivity index (χ1v) is 14.0. The van der Waals surface area contributed by atoms with Crippen molar-refractivity contribution in [2.24, 2.45) is 0 Å². The number of Topliss-reactive ketones (excluding diaryl/α,β-unsaturated/α-hetero) is 1. The fourth-order valence-electron chi connectivity index (χ4n) is 5.08. The van der Waals surface area contributed by atoms with E-state index < -0.39 is 24.4 Å². The number of halogens is 1. The number of ketones is 1. The molecular formula is C32H33BClNO5. The number of benzene rings is 3. The van der Waals surface area contributed by atoms with Crippen LogP contribution in [-0.2, 0) is 14.0 Å². The molecule has 0 atom stereocenters. The molecule has 1 saturated heterocycles. The summed E-state index contributed by atoms with van der Waals surface area (Å²) in [6, 6.07) is 23.6. The average molecular weight is 558 g/mol. The Morgan fingerprint density at radius 1 is 0.900 bits per heavy atom. The normalized spacial score (nSPS) is 17.3. The molecule has 8 heteroatoms. The van der Waals surface area contributed by atoms with Crippen molar-refractivity contribution in [2.45, 2.75) is 44.8 Å². The predicted octanol–water partition coefficient (Wildman–Crippen LogP) is 6.66. The summed E-state index contributed by atoms with van der Waals surface area (Å²) in [5.41, 5.74) is 5.69. The molecule has 206 valence electrons. The van der Waals surface area contributed by atoms with Gasteiger partial charge in [0.2, 0.25) is 0 Å². The summed E-state index contributed by atoms with van der Waals surface area (Å²) in [6.07, 6.45) is 1.38. The molecule has 3 aromatic carbocycles. The topological polar surface area (TPSA) is 73.9 Å². The molecule has 1 aliphatic carbocycles. The van der Waals surface area contributed by atoms with Gasteiger partial charge in [-0.15, -0.1) is 11.6 Å². The molecule has 0 aromatic heterocycles. The minimum absolute atomic E-state index is 0.0227. The van der Waals surface area contributed by atoms with E-state index in [4.69, 9.17) is 25.6 Å². The van der Waals surface area contributed by atoms with E-state index in [0.29, 0.717) is 5.56 Å². The molecule has 0 unspecified atom stereocenters. The lowest BCUT2D eigenvalue weighted by molar-refractivity contribution is 0.00578. The Balaban J connectivity index is 1.30. The van der Waals surface area contributed by atoms with Gasteiger partial charge in [-0.1, -0.05) is 78.9 Å². The highest BCUT2D eigenvalue weighted by Gasteiger charge is 2.52. The number of amides is 1. The van der Waals surface area contributed by atoms with E-state index >= 15 is 0 Å². The highest BCUT2D eigenvalue weighted by molar-refractivity contribution is 6.56. The summed E-state index contributed by atoms with van der Waals surface area (Å²) in [6.45, 7) is 8.32. The van der Waals surface area contributed by atoms with Crippen LogP contribution < -0.4 is 5.32 Å². The molecular weight excluding hydrogens is 525 g/mol. The van der Waals surface area contributed by atoms with Gasteiger partial charge < -0.3 is 19.4 Å². The molecule has 0 spiro atoms. The van der Waals surface area contributed by atoms with Crippen molar-refractivity contribution in [3.8, 4) is 11.1 Å². The number of alkyl carbamates (subject to hydrolysis) is 1. The van der Waals surface area contributed by atoms with E-state index in [-0.39, 0.29) is 30.7 Å². The fraction of sp³-hybridized carbons (Fsp3) is 0.312. The molecule has 1 heterocycles. The van der Waals surface area contributed by atoms with Crippen molar-refractivity contribution in [1.29, 1.82) is 0 Å². The van der Waals surface area contributed by atoms with E-state index in [1.54, 1.807) is 12.1 Å². The SMILES string of the molecule is CC1(C)OB(C(=Cc2ccc(C(=O)CCl)cc2)CNC(=O)OCC2c3ccccc3-c3ccccc32)OC1(C)C. The molecule has 0 bridgehead atoms. The van der Waals surface area contributed by atoms with Crippen molar-refractivity contribution in [3.63, 3.8) is 0 Å². The first kappa shape index (κ1) is 28.2. The fourth-order valence-corrected chi connectivity index (χ4v) is 5.23. The summed E-state index contributed by atoms with van der Waals surface area (Å²) in [4.78, 5) is 24.8. The maximum atomic E-state index is 12.9. The van der Waals surface area contributed by atoms with E-state index in [9.17, 15) is 9.59 Å². The molecule has 1 amide bonds. The van der Waals surface area contributed by atoms with E-state index in [1.807, 2.05) is 70.2 Å².